The summed E-state index contributed by atoms with van der Waals surface area (Å²) in [6, 6.07) is -0.388. The number of hydrogen-bond donors (Lipinski definition) is 1. The predicted octanol–water partition coefficient (Wildman–Crippen LogP) is 0.00200. The van der Waals surface area contributed by atoms with Crippen LogP contribution >= 0.6 is 11.8 Å². The monoisotopic (exact) mass is 271 g/mol. The molecule has 2 heterocycles. The zero-order chi connectivity index (χ0) is 13.1. The Morgan fingerprint density at radius 2 is 2.11 bits per heavy atom. The SMILES string of the molecule is CSc1nnc(N)n1C(C)C(=O)N1CCOCC1. The fourth-order valence-corrected chi connectivity index (χ4v) is 2.52. The third-order valence-corrected chi connectivity index (χ3v) is 3.58. The Morgan fingerprint density at radius 3 is 2.72 bits per heavy atom. The molecular weight excluding hydrogens is 254 g/mol. The summed E-state index contributed by atoms with van der Waals surface area (Å²) in [4.78, 5) is 14.1. The summed E-state index contributed by atoms with van der Waals surface area (Å²) >= 11 is 1.42. The van der Waals surface area contributed by atoms with Gasteiger partial charge in [0.1, 0.15) is 6.04 Å². The number of nitrogens with zero attached hydrogens (tertiary/aromatic N) is 4. The van der Waals surface area contributed by atoms with Crippen LogP contribution in [0.15, 0.2) is 5.16 Å². The highest BCUT2D eigenvalue weighted by Gasteiger charge is 2.26. The Bertz CT molecular complexity index is 430. The van der Waals surface area contributed by atoms with Gasteiger partial charge in [-0.05, 0) is 13.2 Å². The third-order valence-electron chi connectivity index (χ3n) is 2.94. The lowest BCUT2D eigenvalue weighted by atomic mass is 10.2. The largest absolute Gasteiger partial charge is 0.378 e. The molecule has 0 aliphatic carbocycles. The zero-order valence-corrected chi connectivity index (χ0v) is 11.3. The molecule has 1 aromatic rings. The normalized spacial score (nSPS) is 17.8. The standard InChI is InChI=1S/C10H17N5O2S/c1-7(8(16)14-3-5-17-6-4-14)15-9(11)12-13-10(15)18-2/h7H,3-6H2,1-2H3,(H2,11,12). The van der Waals surface area contributed by atoms with Gasteiger partial charge in [-0.1, -0.05) is 11.8 Å². The number of anilines is 1. The van der Waals surface area contributed by atoms with Crippen LogP contribution in [0.1, 0.15) is 13.0 Å². The topological polar surface area (TPSA) is 86.3 Å². The number of amides is 1. The molecule has 1 atom stereocenters. The van der Waals surface area contributed by atoms with Crippen LogP contribution in [-0.4, -0.2) is 58.1 Å². The van der Waals surface area contributed by atoms with E-state index in [0.29, 0.717) is 31.5 Å². The van der Waals surface area contributed by atoms with Gasteiger partial charge in [0.25, 0.3) is 0 Å². The number of carbonyl (C=O) groups is 1. The van der Waals surface area contributed by atoms with Crippen molar-refractivity contribution in [3.05, 3.63) is 0 Å². The van der Waals surface area contributed by atoms with Gasteiger partial charge in [0.15, 0.2) is 5.16 Å². The van der Waals surface area contributed by atoms with E-state index in [1.807, 2.05) is 13.2 Å². The highest BCUT2D eigenvalue weighted by molar-refractivity contribution is 7.98. The molecule has 1 aliphatic rings. The minimum Gasteiger partial charge on any atom is -0.378 e. The van der Waals surface area contributed by atoms with Crippen LogP contribution in [0.2, 0.25) is 0 Å². The van der Waals surface area contributed by atoms with Crippen molar-refractivity contribution < 1.29 is 9.53 Å². The number of nitrogens with two attached hydrogens (primary N) is 1. The van der Waals surface area contributed by atoms with Crippen molar-refractivity contribution in [3.63, 3.8) is 0 Å². The Labute approximate surface area is 110 Å². The van der Waals surface area contributed by atoms with Crippen LogP contribution in [0, 0.1) is 0 Å². The minimum atomic E-state index is -0.388. The van der Waals surface area contributed by atoms with Crippen molar-refractivity contribution in [2.45, 2.75) is 18.1 Å². The molecule has 1 fully saturated rings. The average Bonchev–Trinajstić information content (AvgIpc) is 2.79. The Balaban J connectivity index is 2.16. The van der Waals surface area contributed by atoms with Gasteiger partial charge in [-0.3, -0.25) is 9.36 Å². The van der Waals surface area contributed by atoms with E-state index in [1.165, 1.54) is 11.8 Å². The van der Waals surface area contributed by atoms with Gasteiger partial charge in [-0.25, -0.2) is 0 Å². The van der Waals surface area contributed by atoms with E-state index < -0.39 is 0 Å². The van der Waals surface area contributed by atoms with Gasteiger partial charge < -0.3 is 15.4 Å². The first kappa shape index (κ1) is 13.2. The van der Waals surface area contributed by atoms with Crippen LogP contribution in [0.3, 0.4) is 0 Å². The molecule has 0 aromatic carbocycles. The fraction of sp³-hybridized carbons (Fsp3) is 0.700. The van der Waals surface area contributed by atoms with E-state index in [1.54, 1.807) is 9.47 Å². The first-order valence-corrected chi connectivity index (χ1v) is 6.98. The molecule has 8 heteroatoms. The van der Waals surface area contributed by atoms with E-state index in [9.17, 15) is 4.79 Å². The Kier molecular flexibility index (Phi) is 4.07. The fourth-order valence-electron chi connectivity index (χ4n) is 1.95. The quantitative estimate of drug-likeness (QED) is 0.779. The molecule has 1 amide bonds. The van der Waals surface area contributed by atoms with Crippen molar-refractivity contribution in [3.8, 4) is 0 Å². The van der Waals surface area contributed by atoms with Gasteiger partial charge in [-0.2, -0.15) is 0 Å². The smallest absolute Gasteiger partial charge is 0.245 e. The summed E-state index contributed by atoms with van der Waals surface area (Å²) in [5.41, 5.74) is 5.77. The molecule has 1 aliphatic heterocycles. The van der Waals surface area contributed by atoms with Crippen LogP contribution in [0.5, 0.6) is 0 Å². The van der Waals surface area contributed by atoms with E-state index in [4.69, 9.17) is 10.5 Å². The Morgan fingerprint density at radius 1 is 1.44 bits per heavy atom. The summed E-state index contributed by atoms with van der Waals surface area (Å²) in [6.07, 6.45) is 1.88. The second kappa shape index (κ2) is 5.57. The molecule has 0 bridgehead atoms. The molecule has 7 nitrogen and oxygen atoms in total. The van der Waals surface area contributed by atoms with Crippen LogP contribution < -0.4 is 5.73 Å². The van der Waals surface area contributed by atoms with E-state index in [2.05, 4.69) is 10.2 Å². The molecule has 0 saturated carbocycles. The summed E-state index contributed by atoms with van der Waals surface area (Å²) in [5, 5.41) is 8.40. The number of ether oxygens (including phenoxy) is 1. The molecule has 2 N–H and O–H groups in total. The molecule has 1 saturated heterocycles. The van der Waals surface area contributed by atoms with Crippen LogP contribution in [-0.2, 0) is 9.53 Å². The lowest BCUT2D eigenvalue weighted by Crippen LogP contribution is -2.43. The number of carbonyl (C=O) groups excluding carboxylic acids is 1. The van der Waals surface area contributed by atoms with Gasteiger partial charge in [-0.15, -0.1) is 10.2 Å². The number of thioether (sulfide) groups is 1. The minimum absolute atomic E-state index is 0.0279. The molecule has 2 rings (SSSR count). The van der Waals surface area contributed by atoms with Crippen molar-refractivity contribution in [1.82, 2.24) is 19.7 Å². The lowest BCUT2D eigenvalue weighted by Gasteiger charge is -2.29. The van der Waals surface area contributed by atoms with Gasteiger partial charge in [0.05, 0.1) is 13.2 Å². The molecule has 100 valence electrons. The highest BCUT2D eigenvalue weighted by Crippen LogP contribution is 2.22. The van der Waals surface area contributed by atoms with Gasteiger partial charge >= 0.3 is 0 Å². The maximum atomic E-state index is 12.3. The Hall–Kier alpha value is -1.28. The van der Waals surface area contributed by atoms with Crippen molar-refractivity contribution in [1.29, 1.82) is 0 Å². The second-order valence-corrected chi connectivity index (χ2v) is 4.80. The van der Waals surface area contributed by atoms with Crippen molar-refractivity contribution >= 4 is 23.6 Å². The molecule has 1 unspecified atom stereocenters. The van der Waals surface area contributed by atoms with Crippen LogP contribution in [0.4, 0.5) is 5.95 Å². The zero-order valence-electron chi connectivity index (χ0n) is 10.5. The molecular formula is C10H17N5O2S. The number of nitrogen functional groups attached to an aromatic ring is 1. The van der Waals surface area contributed by atoms with Crippen molar-refractivity contribution in [2.75, 3.05) is 38.3 Å². The number of morpholine rings is 1. The lowest BCUT2D eigenvalue weighted by molar-refractivity contribution is -0.138. The van der Waals surface area contributed by atoms with Gasteiger partial charge in [0, 0.05) is 13.1 Å². The summed E-state index contributed by atoms with van der Waals surface area (Å²) in [6.45, 7) is 4.24. The number of aromatic nitrogens is 3. The maximum absolute atomic E-state index is 12.3. The van der Waals surface area contributed by atoms with Crippen LogP contribution in [0.25, 0.3) is 0 Å². The van der Waals surface area contributed by atoms with Gasteiger partial charge in [0.2, 0.25) is 11.9 Å². The molecule has 18 heavy (non-hydrogen) atoms. The molecule has 0 radical (unpaired) electrons. The number of hydrogen-bond acceptors (Lipinski definition) is 6. The van der Waals surface area contributed by atoms with E-state index in [-0.39, 0.29) is 17.9 Å². The average molecular weight is 271 g/mol. The number of rotatable bonds is 3. The second-order valence-electron chi connectivity index (χ2n) is 4.03. The summed E-state index contributed by atoms with van der Waals surface area (Å²) in [5.74, 6) is 0.300. The third kappa shape index (κ3) is 2.44. The summed E-state index contributed by atoms with van der Waals surface area (Å²) < 4.78 is 6.90. The first-order valence-electron chi connectivity index (χ1n) is 5.76. The first-order chi connectivity index (χ1) is 8.65. The molecule has 0 spiro atoms. The maximum Gasteiger partial charge on any atom is 0.245 e. The van der Waals surface area contributed by atoms with E-state index >= 15 is 0 Å². The highest BCUT2D eigenvalue weighted by atomic mass is 32.2. The predicted molar refractivity (Wildman–Crippen MR) is 68.3 cm³/mol. The summed E-state index contributed by atoms with van der Waals surface area (Å²) in [7, 11) is 0. The van der Waals surface area contributed by atoms with Crippen molar-refractivity contribution in [2.24, 2.45) is 0 Å². The molecule has 1 aromatic heterocycles. The van der Waals surface area contributed by atoms with E-state index in [0.717, 1.165) is 0 Å².